The van der Waals surface area contributed by atoms with E-state index >= 15 is 0 Å². The molecule has 7 heteroatoms. The Hall–Kier alpha value is -1.60. The normalized spacial score (nSPS) is 23.4. The number of rotatable bonds is 5. The SMILES string of the molecule is CCNC(=NCC1CCN(S(=O)(=O)c2ccccc2)CC1)N1CCC2(CCCC2)C1. The second-order valence-corrected chi connectivity index (χ2v) is 11.2. The number of nitrogens with one attached hydrogen (secondary N) is 1. The van der Waals surface area contributed by atoms with E-state index in [-0.39, 0.29) is 0 Å². The first-order valence-corrected chi connectivity index (χ1v) is 13.0. The Kier molecular flexibility index (Phi) is 6.68. The highest BCUT2D eigenvalue weighted by molar-refractivity contribution is 7.89. The molecular formula is C23H36N4O2S. The van der Waals surface area contributed by atoms with Crippen LogP contribution >= 0.6 is 0 Å². The molecule has 1 spiro atoms. The van der Waals surface area contributed by atoms with Gasteiger partial charge >= 0.3 is 0 Å². The molecule has 1 aliphatic carbocycles. The third-order valence-corrected chi connectivity index (χ3v) is 9.10. The van der Waals surface area contributed by atoms with E-state index < -0.39 is 10.0 Å². The molecule has 3 fully saturated rings. The van der Waals surface area contributed by atoms with Crippen LogP contribution < -0.4 is 5.32 Å². The van der Waals surface area contributed by atoms with E-state index in [1.807, 2.05) is 6.07 Å². The lowest BCUT2D eigenvalue weighted by atomic mass is 9.86. The summed E-state index contributed by atoms with van der Waals surface area (Å²) in [4.78, 5) is 7.84. The first kappa shape index (κ1) is 21.6. The largest absolute Gasteiger partial charge is 0.357 e. The van der Waals surface area contributed by atoms with Crippen molar-refractivity contribution in [3.8, 4) is 0 Å². The first-order chi connectivity index (χ1) is 14.5. The smallest absolute Gasteiger partial charge is 0.243 e. The molecule has 1 aromatic rings. The summed E-state index contributed by atoms with van der Waals surface area (Å²) < 4.78 is 27.3. The second-order valence-electron chi connectivity index (χ2n) is 9.23. The Morgan fingerprint density at radius 3 is 2.47 bits per heavy atom. The van der Waals surface area contributed by atoms with Crippen molar-refractivity contribution in [3.05, 3.63) is 30.3 Å². The van der Waals surface area contributed by atoms with Gasteiger partial charge in [-0.3, -0.25) is 4.99 Å². The lowest BCUT2D eigenvalue weighted by Crippen LogP contribution is -2.42. The molecule has 0 unspecified atom stereocenters. The third kappa shape index (κ3) is 4.67. The van der Waals surface area contributed by atoms with Crippen molar-refractivity contribution >= 4 is 16.0 Å². The van der Waals surface area contributed by atoms with Crippen LogP contribution in [0.1, 0.15) is 51.9 Å². The van der Waals surface area contributed by atoms with Crippen molar-refractivity contribution in [2.75, 3.05) is 39.3 Å². The van der Waals surface area contributed by atoms with E-state index in [0.717, 1.165) is 45.0 Å². The van der Waals surface area contributed by atoms with Crippen LogP contribution in [-0.2, 0) is 10.0 Å². The predicted molar refractivity (Wildman–Crippen MR) is 121 cm³/mol. The van der Waals surface area contributed by atoms with E-state index in [4.69, 9.17) is 4.99 Å². The number of nitrogens with zero attached hydrogens (tertiary/aromatic N) is 3. The van der Waals surface area contributed by atoms with Crippen LogP contribution in [0.5, 0.6) is 0 Å². The standard InChI is InChI=1S/C23H36N4O2S/c1-2-24-22(26-17-14-23(19-26)12-6-7-13-23)25-18-20-10-15-27(16-11-20)30(28,29)21-8-4-3-5-9-21/h3-5,8-9,20H,2,6-7,10-19H2,1H3,(H,24,25). The number of sulfonamides is 1. The van der Waals surface area contributed by atoms with Gasteiger partial charge in [-0.25, -0.2) is 8.42 Å². The van der Waals surface area contributed by atoms with Gasteiger partial charge in [0.05, 0.1) is 4.90 Å². The van der Waals surface area contributed by atoms with Crippen molar-refractivity contribution < 1.29 is 8.42 Å². The van der Waals surface area contributed by atoms with Crippen molar-refractivity contribution in [1.82, 2.24) is 14.5 Å². The van der Waals surface area contributed by atoms with Crippen LogP contribution in [0.25, 0.3) is 0 Å². The molecule has 0 atom stereocenters. The molecule has 2 saturated heterocycles. The van der Waals surface area contributed by atoms with Gasteiger partial charge in [-0.1, -0.05) is 31.0 Å². The predicted octanol–water partition coefficient (Wildman–Crippen LogP) is 3.32. The van der Waals surface area contributed by atoms with Crippen molar-refractivity contribution in [1.29, 1.82) is 0 Å². The fourth-order valence-electron chi connectivity index (χ4n) is 5.36. The quantitative estimate of drug-likeness (QED) is 0.573. The van der Waals surface area contributed by atoms with Gasteiger partial charge in [-0.05, 0) is 62.5 Å². The van der Waals surface area contributed by atoms with Gasteiger partial charge in [-0.15, -0.1) is 0 Å². The zero-order valence-corrected chi connectivity index (χ0v) is 19.0. The summed E-state index contributed by atoms with van der Waals surface area (Å²) in [5, 5.41) is 3.49. The number of benzene rings is 1. The number of guanidine groups is 1. The van der Waals surface area contributed by atoms with Gasteiger partial charge in [0.2, 0.25) is 10.0 Å². The maximum Gasteiger partial charge on any atom is 0.243 e. The zero-order chi connectivity index (χ0) is 21.0. The van der Waals surface area contributed by atoms with E-state index in [9.17, 15) is 8.42 Å². The summed E-state index contributed by atoms with van der Waals surface area (Å²) in [7, 11) is -3.37. The minimum atomic E-state index is -3.37. The third-order valence-electron chi connectivity index (χ3n) is 7.19. The van der Waals surface area contributed by atoms with Gasteiger partial charge in [0, 0.05) is 39.3 Å². The average molecular weight is 433 g/mol. The molecule has 1 aromatic carbocycles. The van der Waals surface area contributed by atoms with Gasteiger partial charge in [0.25, 0.3) is 0 Å². The highest BCUT2D eigenvalue weighted by Crippen LogP contribution is 2.45. The maximum atomic E-state index is 12.8. The molecule has 0 amide bonds. The van der Waals surface area contributed by atoms with Crippen LogP contribution in [0.3, 0.4) is 0 Å². The fraction of sp³-hybridized carbons (Fsp3) is 0.696. The van der Waals surface area contributed by atoms with E-state index in [2.05, 4.69) is 17.1 Å². The number of likely N-dealkylation sites (tertiary alicyclic amines) is 1. The van der Waals surface area contributed by atoms with Gasteiger partial charge in [0.1, 0.15) is 0 Å². The molecule has 2 heterocycles. The second kappa shape index (κ2) is 9.27. The summed E-state index contributed by atoms with van der Waals surface area (Å²) in [5.41, 5.74) is 0.535. The lowest BCUT2D eigenvalue weighted by Gasteiger charge is -2.31. The Labute approximate surface area is 181 Å². The number of hydrogen-bond acceptors (Lipinski definition) is 3. The summed E-state index contributed by atoms with van der Waals surface area (Å²) in [6.45, 7) is 7.22. The van der Waals surface area contributed by atoms with Gasteiger partial charge in [0.15, 0.2) is 5.96 Å². The van der Waals surface area contributed by atoms with E-state index in [0.29, 0.717) is 29.3 Å². The molecule has 2 aliphatic heterocycles. The van der Waals surface area contributed by atoms with E-state index in [1.165, 1.54) is 32.1 Å². The van der Waals surface area contributed by atoms with Crippen molar-refractivity contribution in [2.24, 2.45) is 16.3 Å². The summed E-state index contributed by atoms with van der Waals surface area (Å²) >= 11 is 0. The van der Waals surface area contributed by atoms with Crippen molar-refractivity contribution in [3.63, 3.8) is 0 Å². The zero-order valence-electron chi connectivity index (χ0n) is 18.2. The molecule has 0 radical (unpaired) electrons. The van der Waals surface area contributed by atoms with Crippen LogP contribution in [0, 0.1) is 11.3 Å². The Morgan fingerprint density at radius 2 is 1.80 bits per heavy atom. The molecule has 1 saturated carbocycles. The molecule has 166 valence electrons. The number of hydrogen-bond donors (Lipinski definition) is 1. The maximum absolute atomic E-state index is 12.8. The van der Waals surface area contributed by atoms with E-state index in [1.54, 1.807) is 28.6 Å². The van der Waals surface area contributed by atoms with Crippen LogP contribution in [0.2, 0.25) is 0 Å². The molecule has 1 N–H and O–H groups in total. The van der Waals surface area contributed by atoms with Gasteiger partial charge in [-0.2, -0.15) is 4.31 Å². The minimum absolute atomic E-state index is 0.394. The highest BCUT2D eigenvalue weighted by Gasteiger charge is 2.41. The summed E-state index contributed by atoms with van der Waals surface area (Å²) in [6, 6.07) is 8.78. The van der Waals surface area contributed by atoms with Crippen LogP contribution in [-0.4, -0.2) is 62.9 Å². The van der Waals surface area contributed by atoms with Crippen LogP contribution in [0.15, 0.2) is 40.2 Å². The van der Waals surface area contributed by atoms with Crippen molar-refractivity contribution in [2.45, 2.75) is 56.8 Å². The van der Waals surface area contributed by atoms with Crippen LogP contribution in [0.4, 0.5) is 0 Å². The Bertz CT molecular complexity index is 826. The molecule has 0 bridgehead atoms. The highest BCUT2D eigenvalue weighted by atomic mass is 32.2. The monoisotopic (exact) mass is 432 g/mol. The Morgan fingerprint density at radius 1 is 1.10 bits per heavy atom. The lowest BCUT2D eigenvalue weighted by molar-refractivity contribution is 0.277. The molecule has 3 aliphatic rings. The number of aliphatic imine (C=N–C) groups is 1. The average Bonchev–Trinajstić information content (AvgIpc) is 3.42. The van der Waals surface area contributed by atoms with Gasteiger partial charge < -0.3 is 10.2 Å². The molecule has 30 heavy (non-hydrogen) atoms. The molecule has 0 aromatic heterocycles. The molecule has 4 rings (SSSR count). The Balaban J connectivity index is 1.33. The molecule has 6 nitrogen and oxygen atoms in total. The minimum Gasteiger partial charge on any atom is -0.357 e. The topological polar surface area (TPSA) is 65.0 Å². The fourth-order valence-corrected chi connectivity index (χ4v) is 6.85. The summed E-state index contributed by atoms with van der Waals surface area (Å²) in [6.07, 6.45) is 8.55. The summed E-state index contributed by atoms with van der Waals surface area (Å²) in [5.74, 6) is 1.50. The molecular weight excluding hydrogens is 396 g/mol. The first-order valence-electron chi connectivity index (χ1n) is 11.6. The number of piperidine rings is 1.